The Morgan fingerprint density at radius 2 is 1.40 bits per heavy atom. The molecule has 3 aromatic rings. The standard InChI is InChI=1S/C27H28N2O6/c1-3-33-23-15-14-21(16-24(23)34-4-2)26(31)28-17-25(30)35-18-19-10-12-20(13-11-19)27(32)29-22-8-6-5-7-9-22/h5-16H,3-4,17-18H2,1-2H3,(H,28,31)(H,29,32). The molecule has 0 spiro atoms. The zero-order chi connectivity index (χ0) is 25.0. The van der Waals surface area contributed by atoms with Crippen LogP contribution < -0.4 is 20.1 Å². The Hall–Kier alpha value is -4.33. The highest BCUT2D eigenvalue weighted by atomic mass is 16.5. The number of hydrogen-bond donors (Lipinski definition) is 2. The van der Waals surface area contributed by atoms with Crippen molar-refractivity contribution in [1.29, 1.82) is 0 Å². The average molecular weight is 477 g/mol. The molecule has 0 aliphatic carbocycles. The number of nitrogens with one attached hydrogen (secondary N) is 2. The van der Waals surface area contributed by atoms with Crippen molar-refractivity contribution in [1.82, 2.24) is 5.32 Å². The second-order valence-corrected chi connectivity index (χ2v) is 7.39. The van der Waals surface area contributed by atoms with Crippen molar-refractivity contribution in [3.8, 4) is 11.5 Å². The van der Waals surface area contributed by atoms with Crippen molar-refractivity contribution in [2.75, 3.05) is 25.1 Å². The molecule has 0 radical (unpaired) electrons. The average Bonchev–Trinajstić information content (AvgIpc) is 2.88. The van der Waals surface area contributed by atoms with Gasteiger partial charge in [-0.2, -0.15) is 0 Å². The highest BCUT2D eigenvalue weighted by molar-refractivity contribution is 6.04. The first-order chi connectivity index (χ1) is 17.0. The first kappa shape index (κ1) is 25.3. The van der Waals surface area contributed by atoms with E-state index in [1.165, 1.54) is 0 Å². The van der Waals surface area contributed by atoms with Crippen LogP contribution in [0.15, 0.2) is 72.8 Å². The van der Waals surface area contributed by atoms with Crippen LogP contribution in [0.2, 0.25) is 0 Å². The Morgan fingerprint density at radius 1 is 0.743 bits per heavy atom. The summed E-state index contributed by atoms with van der Waals surface area (Å²) in [6.07, 6.45) is 0. The highest BCUT2D eigenvalue weighted by Gasteiger charge is 2.13. The van der Waals surface area contributed by atoms with E-state index >= 15 is 0 Å². The molecule has 0 saturated heterocycles. The van der Waals surface area contributed by atoms with Crippen LogP contribution in [-0.2, 0) is 16.1 Å². The summed E-state index contributed by atoms with van der Waals surface area (Å²) in [6.45, 7) is 4.34. The van der Waals surface area contributed by atoms with Gasteiger partial charge in [0.05, 0.1) is 13.2 Å². The third-order valence-corrected chi connectivity index (χ3v) is 4.85. The fraction of sp³-hybridized carbons (Fsp3) is 0.222. The summed E-state index contributed by atoms with van der Waals surface area (Å²) in [5, 5.41) is 5.35. The van der Waals surface area contributed by atoms with E-state index in [9.17, 15) is 14.4 Å². The van der Waals surface area contributed by atoms with Gasteiger partial charge in [-0.3, -0.25) is 14.4 Å². The van der Waals surface area contributed by atoms with E-state index in [-0.39, 0.29) is 19.1 Å². The molecule has 0 aromatic heterocycles. The number of esters is 1. The van der Waals surface area contributed by atoms with Crippen LogP contribution in [0.5, 0.6) is 11.5 Å². The Kier molecular flexibility index (Phi) is 9.24. The molecule has 0 aliphatic heterocycles. The molecule has 2 N–H and O–H groups in total. The zero-order valence-electron chi connectivity index (χ0n) is 19.7. The molecule has 0 saturated carbocycles. The van der Waals surface area contributed by atoms with E-state index in [0.717, 1.165) is 0 Å². The van der Waals surface area contributed by atoms with E-state index in [2.05, 4.69) is 10.6 Å². The zero-order valence-corrected chi connectivity index (χ0v) is 19.7. The minimum absolute atomic E-state index is 0.0207. The summed E-state index contributed by atoms with van der Waals surface area (Å²) >= 11 is 0. The van der Waals surface area contributed by atoms with Gasteiger partial charge >= 0.3 is 5.97 Å². The van der Waals surface area contributed by atoms with E-state index in [4.69, 9.17) is 14.2 Å². The van der Waals surface area contributed by atoms with Crippen molar-refractivity contribution in [2.24, 2.45) is 0 Å². The van der Waals surface area contributed by atoms with Gasteiger partial charge in [0.25, 0.3) is 11.8 Å². The van der Waals surface area contributed by atoms with Gasteiger partial charge in [0.1, 0.15) is 13.2 Å². The van der Waals surface area contributed by atoms with Crippen LogP contribution in [0.1, 0.15) is 40.1 Å². The van der Waals surface area contributed by atoms with Crippen molar-refractivity contribution in [3.63, 3.8) is 0 Å². The lowest BCUT2D eigenvalue weighted by Crippen LogP contribution is -2.30. The van der Waals surface area contributed by atoms with Gasteiger partial charge in [0.2, 0.25) is 0 Å². The number of carbonyl (C=O) groups excluding carboxylic acids is 3. The summed E-state index contributed by atoms with van der Waals surface area (Å²) in [5.74, 6) is -0.233. The number of rotatable bonds is 11. The molecule has 3 aromatic carbocycles. The Bertz CT molecular complexity index is 1150. The monoisotopic (exact) mass is 476 g/mol. The molecule has 8 nitrogen and oxygen atoms in total. The van der Waals surface area contributed by atoms with Gasteiger partial charge < -0.3 is 24.8 Å². The van der Waals surface area contributed by atoms with Gasteiger partial charge in [-0.1, -0.05) is 30.3 Å². The molecule has 0 heterocycles. The minimum Gasteiger partial charge on any atom is -0.490 e. The third-order valence-electron chi connectivity index (χ3n) is 4.85. The van der Waals surface area contributed by atoms with Crippen LogP contribution in [0.4, 0.5) is 5.69 Å². The predicted molar refractivity (Wildman–Crippen MR) is 132 cm³/mol. The maximum absolute atomic E-state index is 12.4. The fourth-order valence-corrected chi connectivity index (χ4v) is 3.14. The second-order valence-electron chi connectivity index (χ2n) is 7.39. The van der Waals surface area contributed by atoms with E-state index in [1.807, 2.05) is 32.0 Å². The molecular weight excluding hydrogens is 448 g/mol. The molecular formula is C27H28N2O6. The Balaban J connectivity index is 1.46. The van der Waals surface area contributed by atoms with Gasteiger partial charge in [-0.15, -0.1) is 0 Å². The van der Waals surface area contributed by atoms with Gasteiger partial charge in [-0.25, -0.2) is 0 Å². The minimum atomic E-state index is -0.583. The lowest BCUT2D eigenvalue weighted by molar-refractivity contribution is -0.143. The van der Waals surface area contributed by atoms with Crippen LogP contribution in [0.25, 0.3) is 0 Å². The fourth-order valence-electron chi connectivity index (χ4n) is 3.14. The number of benzene rings is 3. The number of amides is 2. The molecule has 0 unspecified atom stereocenters. The quantitative estimate of drug-likeness (QED) is 0.402. The molecule has 2 amide bonds. The largest absolute Gasteiger partial charge is 0.490 e. The molecule has 35 heavy (non-hydrogen) atoms. The number of hydrogen-bond acceptors (Lipinski definition) is 6. The van der Waals surface area contributed by atoms with E-state index in [0.29, 0.717) is 47.1 Å². The topological polar surface area (TPSA) is 103 Å². The molecule has 3 rings (SSSR count). The van der Waals surface area contributed by atoms with Gasteiger partial charge in [-0.05, 0) is 61.9 Å². The molecule has 182 valence electrons. The third kappa shape index (κ3) is 7.60. The van der Waals surface area contributed by atoms with E-state index < -0.39 is 11.9 Å². The summed E-state index contributed by atoms with van der Waals surface area (Å²) in [7, 11) is 0. The molecule has 0 aliphatic rings. The van der Waals surface area contributed by atoms with E-state index in [1.54, 1.807) is 54.6 Å². The van der Waals surface area contributed by atoms with Crippen LogP contribution in [0.3, 0.4) is 0 Å². The lowest BCUT2D eigenvalue weighted by Gasteiger charge is -2.12. The summed E-state index contributed by atoms with van der Waals surface area (Å²) in [4.78, 5) is 36.8. The Morgan fingerprint density at radius 3 is 2.09 bits per heavy atom. The number of carbonyl (C=O) groups is 3. The Labute approximate surface area is 204 Å². The highest BCUT2D eigenvalue weighted by Crippen LogP contribution is 2.28. The van der Waals surface area contributed by atoms with Crippen molar-refractivity contribution in [3.05, 3.63) is 89.5 Å². The SMILES string of the molecule is CCOc1ccc(C(=O)NCC(=O)OCc2ccc(C(=O)Nc3ccccc3)cc2)cc1OCC. The molecule has 0 atom stereocenters. The van der Waals surface area contributed by atoms with Gasteiger partial charge in [0.15, 0.2) is 11.5 Å². The smallest absolute Gasteiger partial charge is 0.325 e. The maximum Gasteiger partial charge on any atom is 0.325 e. The summed E-state index contributed by atoms with van der Waals surface area (Å²) in [5.41, 5.74) is 2.25. The van der Waals surface area contributed by atoms with Crippen molar-refractivity contribution < 1.29 is 28.6 Å². The van der Waals surface area contributed by atoms with Gasteiger partial charge in [0, 0.05) is 16.8 Å². The van der Waals surface area contributed by atoms with Crippen LogP contribution in [-0.4, -0.2) is 37.5 Å². The normalized spacial score (nSPS) is 10.2. The predicted octanol–water partition coefficient (Wildman–Crippen LogP) is 4.21. The van der Waals surface area contributed by atoms with Crippen LogP contribution >= 0.6 is 0 Å². The number of ether oxygens (including phenoxy) is 3. The number of para-hydroxylation sites is 1. The lowest BCUT2D eigenvalue weighted by atomic mass is 10.1. The molecule has 0 bridgehead atoms. The second kappa shape index (κ2) is 12.8. The van der Waals surface area contributed by atoms with Crippen molar-refractivity contribution in [2.45, 2.75) is 20.5 Å². The first-order valence-electron chi connectivity index (χ1n) is 11.3. The van der Waals surface area contributed by atoms with Crippen LogP contribution in [0, 0.1) is 0 Å². The van der Waals surface area contributed by atoms with Crippen molar-refractivity contribution >= 4 is 23.5 Å². The number of anilines is 1. The summed E-state index contributed by atoms with van der Waals surface area (Å²) < 4.78 is 16.2. The first-order valence-corrected chi connectivity index (χ1v) is 11.3. The maximum atomic E-state index is 12.4. The molecule has 8 heteroatoms. The molecule has 0 fully saturated rings. The summed E-state index contributed by atoms with van der Waals surface area (Å²) in [6, 6.07) is 20.7.